The fourth-order valence-corrected chi connectivity index (χ4v) is 5.64. The molecule has 0 aliphatic rings. The Hall–Kier alpha value is -0.930. The third-order valence-electron chi connectivity index (χ3n) is 1.33. The average molecular weight is 344 g/mol. The summed E-state index contributed by atoms with van der Waals surface area (Å²) in [5, 5.41) is 26.3. The van der Waals surface area contributed by atoms with E-state index in [2.05, 4.69) is 3.72 Å². The van der Waals surface area contributed by atoms with Crippen molar-refractivity contribution in [1.29, 1.82) is 0 Å². The SMILES string of the molecule is NCC[NH][Ag]([CH2]C(=O)O)([CH2]C(=O)O)[CH2]C(=O)O. The maximum absolute atomic E-state index is 10.7. The first-order valence-electron chi connectivity index (χ1n) is 4.40. The van der Waals surface area contributed by atoms with Gasteiger partial charge in [-0.05, 0) is 0 Å². The first kappa shape index (κ1) is 16.1. The molecule has 6 N–H and O–H groups in total. The van der Waals surface area contributed by atoms with Crippen LogP contribution in [0.5, 0.6) is 0 Å². The number of carbonyl (C=O) groups is 3. The molecule has 0 heterocycles. The molecule has 0 fully saturated rings. The van der Waals surface area contributed by atoms with E-state index in [-0.39, 0.29) is 13.1 Å². The van der Waals surface area contributed by atoms with E-state index >= 15 is 0 Å². The Morgan fingerprint density at radius 1 is 0.941 bits per heavy atom. The van der Waals surface area contributed by atoms with E-state index in [1.54, 1.807) is 0 Å². The molecular formula is C8H16AgN2O6. The Bertz CT molecular complexity index is 268. The summed E-state index contributed by atoms with van der Waals surface area (Å²) in [5.41, 5.74) is 5.25. The van der Waals surface area contributed by atoms with E-state index < -0.39 is 49.2 Å². The number of hydrogen-bond acceptors (Lipinski definition) is 5. The zero-order valence-electron chi connectivity index (χ0n) is 8.98. The Morgan fingerprint density at radius 2 is 1.29 bits per heavy atom. The second kappa shape index (κ2) is 7.41. The first-order chi connectivity index (χ1) is 7.81. The van der Waals surface area contributed by atoms with Gasteiger partial charge in [0.25, 0.3) is 0 Å². The third kappa shape index (κ3) is 7.08. The van der Waals surface area contributed by atoms with Gasteiger partial charge in [0.05, 0.1) is 0 Å². The third-order valence-corrected chi connectivity index (χ3v) is 7.17. The van der Waals surface area contributed by atoms with Gasteiger partial charge in [-0.1, -0.05) is 0 Å². The molecule has 0 spiro atoms. The van der Waals surface area contributed by atoms with E-state index in [9.17, 15) is 14.4 Å². The predicted molar refractivity (Wildman–Crippen MR) is 54.4 cm³/mol. The Labute approximate surface area is 102 Å². The molecule has 0 amide bonds. The van der Waals surface area contributed by atoms with E-state index in [1.165, 1.54) is 0 Å². The minimum atomic E-state index is -3.15. The van der Waals surface area contributed by atoms with Crippen molar-refractivity contribution >= 4 is 17.9 Å². The van der Waals surface area contributed by atoms with Gasteiger partial charge in [0.15, 0.2) is 0 Å². The summed E-state index contributed by atoms with van der Waals surface area (Å²) in [4.78, 5) is 32.2. The summed E-state index contributed by atoms with van der Waals surface area (Å²) in [6, 6.07) is 0. The Balaban J connectivity index is 4.95. The van der Waals surface area contributed by atoms with Gasteiger partial charge >= 0.3 is 101 Å². The average Bonchev–Trinajstić information content (AvgIpc) is 2.11. The summed E-state index contributed by atoms with van der Waals surface area (Å²) in [7, 11) is 0. The van der Waals surface area contributed by atoms with Gasteiger partial charge in [0, 0.05) is 0 Å². The molecule has 9 heteroatoms. The topological polar surface area (TPSA) is 150 Å². The molecule has 0 unspecified atom stereocenters. The summed E-state index contributed by atoms with van der Waals surface area (Å²) in [6.07, 6.45) is 0. The molecule has 0 radical (unpaired) electrons. The van der Waals surface area contributed by atoms with Crippen molar-refractivity contribution in [2.24, 2.45) is 5.73 Å². The van der Waals surface area contributed by atoms with E-state index in [4.69, 9.17) is 21.1 Å². The maximum atomic E-state index is 10.7. The molecular weight excluding hydrogens is 328 g/mol. The second-order valence-corrected chi connectivity index (χ2v) is 8.81. The number of rotatable bonds is 9. The second-order valence-electron chi connectivity index (χ2n) is 2.92. The molecule has 0 saturated heterocycles. The van der Waals surface area contributed by atoms with E-state index in [0.717, 1.165) is 0 Å². The molecule has 0 aromatic heterocycles. The van der Waals surface area contributed by atoms with Gasteiger partial charge in [-0.15, -0.1) is 0 Å². The van der Waals surface area contributed by atoms with Crippen LogP contribution in [0, 0.1) is 0 Å². The zero-order chi connectivity index (χ0) is 13.5. The Kier molecular flexibility index (Phi) is 7.00. The van der Waals surface area contributed by atoms with Crippen LogP contribution < -0.4 is 9.45 Å². The van der Waals surface area contributed by atoms with Gasteiger partial charge in [-0.25, -0.2) is 0 Å². The number of nitrogens with one attached hydrogen (secondary N) is 1. The van der Waals surface area contributed by atoms with Crippen molar-refractivity contribution in [3.05, 3.63) is 0 Å². The molecule has 8 nitrogen and oxygen atoms in total. The summed E-state index contributed by atoms with van der Waals surface area (Å²) in [5.74, 6) is -3.61. The summed E-state index contributed by atoms with van der Waals surface area (Å²) in [6.45, 7) is 0.397. The van der Waals surface area contributed by atoms with Crippen LogP contribution in [0.2, 0.25) is 13.9 Å². The van der Waals surface area contributed by atoms with Crippen LogP contribution in [0.15, 0.2) is 0 Å². The summed E-state index contributed by atoms with van der Waals surface area (Å²) < 4.78 is 1.39. The van der Waals surface area contributed by atoms with Gasteiger partial charge < -0.3 is 0 Å². The minimum absolute atomic E-state index is 0.188. The van der Waals surface area contributed by atoms with Crippen LogP contribution in [-0.2, 0) is 31.8 Å². The molecule has 0 atom stereocenters. The van der Waals surface area contributed by atoms with Crippen molar-refractivity contribution in [2.45, 2.75) is 13.9 Å². The van der Waals surface area contributed by atoms with Gasteiger partial charge in [-0.2, -0.15) is 0 Å². The molecule has 0 bridgehead atoms. The van der Waals surface area contributed by atoms with Crippen LogP contribution in [0.4, 0.5) is 0 Å². The fraction of sp³-hybridized carbons (Fsp3) is 0.625. The molecule has 0 saturated carbocycles. The normalized spacial score (nSPS) is 12.1. The van der Waals surface area contributed by atoms with Gasteiger partial charge in [0.1, 0.15) is 0 Å². The van der Waals surface area contributed by atoms with E-state index in [0.29, 0.717) is 0 Å². The van der Waals surface area contributed by atoms with Gasteiger partial charge in [0.2, 0.25) is 0 Å². The number of hydrogen-bond donors (Lipinski definition) is 5. The number of carboxylic acids is 3. The number of carboxylic acid groups (broad SMARTS) is 3. The monoisotopic (exact) mass is 343 g/mol. The van der Waals surface area contributed by atoms with Crippen molar-refractivity contribution in [3.63, 3.8) is 0 Å². The molecule has 17 heavy (non-hydrogen) atoms. The molecule has 0 aliphatic carbocycles. The molecule has 105 valence electrons. The molecule has 0 rings (SSSR count). The van der Waals surface area contributed by atoms with Gasteiger partial charge in [-0.3, -0.25) is 0 Å². The van der Waals surface area contributed by atoms with Crippen molar-refractivity contribution in [1.82, 2.24) is 3.72 Å². The summed E-state index contributed by atoms with van der Waals surface area (Å²) >= 11 is -3.15. The van der Waals surface area contributed by atoms with Crippen molar-refractivity contribution < 1.29 is 47.1 Å². The molecule has 0 aliphatic heterocycles. The van der Waals surface area contributed by atoms with Crippen molar-refractivity contribution in [2.75, 3.05) is 13.1 Å². The van der Waals surface area contributed by atoms with E-state index in [1.807, 2.05) is 0 Å². The zero-order valence-corrected chi connectivity index (χ0v) is 10.5. The van der Waals surface area contributed by atoms with Crippen molar-refractivity contribution in [3.8, 4) is 0 Å². The quantitative estimate of drug-likeness (QED) is 0.338. The van der Waals surface area contributed by atoms with Crippen LogP contribution in [-0.4, -0.2) is 46.3 Å². The Morgan fingerprint density at radius 3 is 1.53 bits per heavy atom. The predicted octanol–water partition coefficient (Wildman–Crippen LogP) is -0.888. The number of nitrogens with two attached hydrogens (primary N) is 1. The molecule has 0 aromatic rings. The molecule has 0 aromatic carbocycles. The van der Waals surface area contributed by atoms with Crippen LogP contribution in [0.1, 0.15) is 0 Å². The van der Waals surface area contributed by atoms with Crippen LogP contribution >= 0.6 is 0 Å². The van der Waals surface area contributed by atoms with Crippen LogP contribution in [0.25, 0.3) is 0 Å². The first-order valence-corrected chi connectivity index (χ1v) is 8.28. The fourth-order valence-electron chi connectivity index (χ4n) is 0.953. The van der Waals surface area contributed by atoms with Crippen LogP contribution in [0.3, 0.4) is 0 Å². The standard InChI is InChI=1S/C2H7N2.3C2H3O2.Ag/c3-1-2-4;3*1-2(3)4;/h3H,1-2,4H2;3*1H2,(H,3,4);/q-1;;;;+1. The number of aliphatic carboxylic acids is 3.